The maximum absolute atomic E-state index is 12.1. The van der Waals surface area contributed by atoms with Crippen molar-refractivity contribution < 1.29 is 14.7 Å². The van der Waals surface area contributed by atoms with Crippen LogP contribution in [0.3, 0.4) is 0 Å². The minimum absolute atomic E-state index is 0.0990. The molecule has 118 valence electrons. The van der Waals surface area contributed by atoms with Gasteiger partial charge in [0.05, 0.1) is 0 Å². The number of hydrogen-bond donors (Lipinski definition) is 2. The summed E-state index contributed by atoms with van der Waals surface area (Å²) >= 11 is 3.41. The molecule has 1 heterocycles. The number of aromatic nitrogens is 1. The second-order valence-corrected chi connectivity index (χ2v) is 6.65. The third-order valence-electron chi connectivity index (χ3n) is 3.39. The highest BCUT2D eigenvalue weighted by molar-refractivity contribution is 9.10. The van der Waals surface area contributed by atoms with Crippen molar-refractivity contribution in [1.82, 2.24) is 9.88 Å². The summed E-state index contributed by atoms with van der Waals surface area (Å²) in [6, 6.07) is 6.92. The summed E-state index contributed by atoms with van der Waals surface area (Å²) in [5.74, 6) is -1.10. The Bertz CT molecular complexity index is 694. The standard InChI is InChI=1S/C16H19BrN2O3/c1-10(2)7-13(16(21)22)18-15(20)9-19-6-5-11-3-4-12(17)8-14(11)19/h3-6,8,10,13H,7,9H2,1-2H3,(H,18,20)(H,21,22). The minimum atomic E-state index is -0.998. The van der Waals surface area contributed by atoms with E-state index in [1.54, 1.807) is 0 Å². The summed E-state index contributed by atoms with van der Waals surface area (Å²) in [6.45, 7) is 3.96. The molecule has 0 aliphatic rings. The molecular weight excluding hydrogens is 348 g/mol. The van der Waals surface area contributed by atoms with E-state index >= 15 is 0 Å². The van der Waals surface area contributed by atoms with Crippen LogP contribution in [0.1, 0.15) is 20.3 Å². The molecule has 0 fully saturated rings. The fourth-order valence-corrected chi connectivity index (χ4v) is 2.73. The molecular formula is C16H19BrN2O3. The van der Waals surface area contributed by atoms with Gasteiger partial charge in [0.15, 0.2) is 0 Å². The Morgan fingerprint density at radius 1 is 1.32 bits per heavy atom. The summed E-state index contributed by atoms with van der Waals surface area (Å²) in [5.41, 5.74) is 0.931. The molecule has 1 aromatic carbocycles. The number of carboxylic acid groups (broad SMARTS) is 1. The molecule has 6 heteroatoms. The van der Waals surface area contributed by atoms with Crippen molar-refractivity contribution >= 4 is 38.7 Å². The van der Waals surface area contributed by atoms with Gasteiger partial charge in [-0.1, -0.05) is 35.8 Å². The molecule has 0 saturated carbocycles. The number of carboxylic acids is 1. The van der Waals surface area contributed by atoms with Crippen molar-refractivity contribution in [1.29, 1.82) is 0 Å². The van der Waals surface area contributed by atoms with Crippen LogP contribution in [0.15, 0.2) is 34.9 Å². The zero-order chi connectivity index (χ0) is 16.3. The van der Waals surface area contributed by atoms with Gasteiger partial charge < -0.3 is 15.0 Å². The van der Waals surface area contributed by atoms with Crippen LogP contribution in [0.25, 0.3) is 10.9 Å². The Morgan fingerprint density at radius 3 is 2.68 bits per heavy atom. The monoisotopic (exact) mass is 366 g/mol. The SMILES string of the molecule is CC(C)CC(NC(=O)Cn1ccc2ccc(Br)cc21)C(=O)O. The van der Waals surface area contributed by atoms with Gasteiger partial charge in [-0.25, -0.2) is 4.79 Å². The van der Waals surface area contributed by atoms with Gasteiger partial charge in [0.25, 0.3) is 0 Å². The Kier molecular flexibility index (Phi) is 5.24. The van der Waals surface area contributed by atoms with Crippen LogP contribution in [0.5, 0.6) is 0 Å². The Morgan fingerprint density at radius 2 is 2.05 bits per heavy atom. The molecule has 1 amide bonds. The van der Waals surface area contributed by atoms with Gasteiger partial charge in [-0.15, -0.1) is 0 Å². The molecule has 1 aromatic heterocycles. The lowest BCUT2D eigenvalue weighted by Gasteiger charge is -2.17. The van der Waals surface area contributed by atoms with E-state index in [0.29, 0.717) is 6.42 Å². The Hall–Kier alpha value is -1.82. The van der Waals surface area contributed by atoms with Crippen LogP contribution in [-0.2, 0) is 16.1 Å². The third kappa shape index (κ3) is 4.10. The zero-order valence-electron chi connectivity index (χ0n) is 12.5. The van der Waals surface area contributed by atoms with Crippen molar-refractivity contribution in [3.05, 3.63) is 34.9 Å². The van der Waals surface area contributed by atoms with Crippen LogP contribution < -0.4 is 5.32 Å². The number of aliphatic carboxylic acids is 1. The van der Waals surface area contributed by atoms with E-state index in [2.05, 4.69) is 21.2 Å². The fraction of sp³-hybridized carbons (Fsp3) is 0.375. The lowest BCUT2D eigenvalue weighted by atomic mass is 10.0. The first-order valence-electron chi connectivity index (χ1n) is 7.13. The van der Waals surface area contributed by atoms with Crippen molar-refractivity contribution in [3.63, 3.8) is 0 Å². The smallest absolute Gasteiger partial charge is 0.326 e. The number of halogens is 1. The van der Waals surface area contributed by atoms with E-state index in [-0.39, 0.29) is 18.4 Å². The average Bonchev–Trinajstić information content (AvgIpc) is 2.80. The number of carbonyl (C=O) groups is 2. The molecule has 0 radical (unpaired) electrons. The number of amides is 1. The largest absolute Gasteiger partial charge is 0.480 e. The van der Waals surface area contributed by atoms with Crippen molar-refractivity contribution in [2.75, 3.05) is 0 Å². The number of carbonyl (C=O) groups excluding carboxylic acids is 1. The molecule has 0 bridgehead atoms. The predicted octanol–water partition coefficient (Wildman–Crippen LogP) is 3.02. The normalized spacial score (nSPS) is 12.5. The average molecular weight is 367 g/mol. The molecule has 1 unspecified atom stereocenters. The molecule has 0 aliphatic carbocycles. The second kappa shape index (κ2) is 6.96. The van der Waals surface area contributed by atoms with Gasteiger partial charge in [-0.3, -0.25) is 4.79 Å². The van der Waals surface area contributed by atoms with Gasteiger partial charge in [0, 0.05) is 16.2 Å². The van der Waals surface area contributed by atoms with Gasteiger partial charge in [0.1, 0.15) is 12.6 Å². The quantitative estimate of drug-likeness (QED) is 0.825. The molecule has 2 rings (SSSR count). The second-order valence-electron chi connectivity index (χ2n) is 5.73. The van der Waals surface area contributed by atoms with Gasteiger partial charge in [-0.2, -0.15) is 0 Å². The predicted molar refractivity (Wildman–Crippen MR) is 88.7 cm³/mol. The van der Waals surface area contributed by atoms with Gasteiger partial charge in [0.2, 0.25) is 5.91 Å². The van der Waals surface area contributed by atoms with Crippen LogP contribution in [0, 0.1) is 5.92 Å². The number of rotatable bonds is 6. The molecule has 0 saturated heterocycles. The number of nitrogens with one attached hydrogen (secondary N) is 1. The van der Waals surface area contributed by atoms with E-state index in [4.69, 9.17) is 0 Å². The van der Waals surface area contributed by atoms with Crippen LogP contribution in [0.2, 0.25) is 0 Å². The first-order valence-corrected chi connectivity index (χ1v) is 7.92. The molecule has 22 heavy (non-hydrogen) atoms. The maximum atomic E-state index is 12.1. The summed E-state index contributed by atoms with van der Waals surface area (Å²) in [7, 11) is 0. The molecule has 5 nitrogen and oxygen atoms in total. The van der Waals surface area contributed by atoms with E-state index in [9.17, 15) is 14.7 Å². The number of benzene rings is 1. The van der Waals surface area contributed by atoms with E-state index in [1.807, 2.05) is 48.9 Å². The molecule has 0 spiro atoms. The third-order valence-corrected chi connectivity index (χ3v) is 3.88. The van der Waals surface area contributed by atoms with E-state index in [0.717, 1.165) is 15.4 Å². The highest BCUT2D eigenvalue weighted by Crippen LogP contribution is 2.20. The molecule has 1 atom stereocenters. The number of nitrogens with zero attached hydrogens (tertiary/aromatic N) is 1. The Labute approximate surface area is 137 Å². The van der Waals surface area contributed by atoms with E-state index in [1.165, 1.54) is 0 Å². The zero-order valence-corrected chi connectivity index (χ0v) is 14.1. The molecule has 0 aliphatic heterocycles. The lowest BCUT2D eigenvalue weighted by molar-refractivity contribution is -0.142. The maximum Gasteiger partial charge on any atom is 0.326 e. The van der Waals surface area contributed by atoms with Gasteiger partial charge >= 0.3 is 5.97 Å². The van der Waals surface area contributed by atoms with Crippen LogP contribution in [0.4, 0.5) is 0 Å². The highest BCUT2D eigenvalue weighted by Gasteiger charge is 2.21. The fourth-order valence-electron chi connectivity index (χ4n) is 2.38. The summed E-state index contributed by atoms with van der Waals surface area (Å²) in [4.78, 5) is 23.3. The van der Waals surface area contributed by atoms with Crippen molar-refractivity contribution in [3.8, 4) is 0 Å². The number of fused-ring (bicyclic) bond motifs is 1. The summed E-state index contributed by atoms with van der Waals surface area (Å²) in [5, 5.41) is 12.8. The minimum Gasteiger partial charge on any atom is -0.480 e. The first-order chi connectivity index (χ1) is 10.4. The topological polar surface area (TPSA) is 71.3 Å². The highest BCUT2D eigenvalue weighted by atomic mass is 79.9. The molecule has 2 aromatic rings. The van der Waals surface area contributed by atoms with Crippen molar-refractivity contribution in [2.24, 2.45) is 5.92 Å². The number of hydrogen-bond acceptors (Lipinski definition) is 2. The van der Waals surface area contributed by atoms with Crippen LogP contribution >= 0.6 is 15.9 Å². The summed E-state index contributed by atoms with van der Waals surface area (Å²) < 4.78 is 2.74. The van der Waals surface area contributed by atoms with Crippen molar-refractivity contribution in [2.45, 2.75) is 32.9 Å². The molecule has 2 N–H and O–H groups in total. The Balaban J connectivity index is 2.10. The van der Waals surface area contributed by atoms with E-state index < -0.39 is 12.0 Å². The van der Waals surface area contributed by atoms with Crippen LogP contribution in [-0.4, -0.2) is 27.6 Å². The summed E-state index contributed by atoms with van der Waals surface area (Å²) in [6.07, 6.45) is 2.24. The van der Waals surface area contributed by atoms with Gasteiger partial charge in [-0.05, 0) is 35.9 Å². The first kappa shape index (κ1) is 16.5. The lowest BCUT2D eigenvalue weighted by Crippen LogP contribution is -2.43.